The van der Waals surface area contributed by atoms with Gasteiger partial charge in [-0.15, -0.1) is 0 Å². The van der Waals surface area contributed by atoms with Crippen molar-refractivity contribution < 1.29 is 19.1 Å². The largest absolute Gasteiger partial charge is 0.462 e. The Bertz CT molecular complexity index is 302. The van der Waals surface area contributed by atoms with E-state index in [2.05, 4.69) is 13.8 Å². The minimum Gasteiger partial charge on any atom is -0.462 e. The summed E-state index contributed by atoms with van der Waals surface area (Å²) in [5.74, 6) is -0.381. The van der Waals surface area contributed by atoms with Gasteiger partial charge in [0.2, 0.25) is 0 Å². The molecule has 0 heterocycles. The highest BCUT2D eigenvalue weighted by Gasteiger charge is 2.12. The predicted molar refractivity (Wildman–Crippen MR) is 93.3 cm³/mol. The highest BCUT2D eigenvalue weighted by Crippen LogP contribution is 2.08. The van der Waals surface area contributed by atoms with Gasteiger partial charge in [0.1, 0.15) is 12.7 Å². The number of carbonyl (C=O) groups is 2. The van der Waals surface area contributed by atoms with E-state index in [1.807, 2.05) is 0 Å². The first-order valence-corrected chi connectivity index (χ1v) is 9.45. The molecule has 0 N–H and O–H groups in total. The van der Waals surface area contributed by atoms with Gasteiger partial charge in [-0.1, -0.05) is 65.2 Å². The molecule has 136 valence electrons. The molecule has 0 saturated heterocycles. The topological polar surface area (TPSA) is 52.6 Å². The van der Waals surface area contributed by atoms with Crippen molar-refractivity contribution in [1.82, 2.24) is 0 Å². The molecule has 0 rings (SSSR count). The fraction of sp³-hybridized carbons (Fsp3) is 0.895. The van der Waals surface area contributed by atoms with Gasteiger partial charge in [-0.05, 0) is 19.8 Å². The van der Waals surface area contributed by atoms with E-state index in [4.69, 9.17) is 9.47 Å². The Morgan fingerprint density at radius 2 is 1.22 bits per heavy atom. The predicted octanol–water partition coefficient (Wildman–Crippen LogP) is 5.18. The van der Waals surface area contributed by atoms with Gasteiger partial charge in [0.25, 0.3) is 0 Å². The van der Waals surface area contributed by atoms with E-state index in [-0.39, 0.29) is 24.6 Å². The van der Waals surface area contributed by atoms with Crippen LogP contribution >= 0.6 is 0 Å². The highest BCUT2D eigenvalue weighted by atomic mass is 16.6. The first kappa shape index (κ1) is 21.9. The molecule has 0 aliphatic carbocycles. The van der Waals surface area contributed by atoms with Crippen LogP contribution in [0.2, 0.25) is 0 Å². The number of hydrogen-bond acceptors (Lipinski definition) is 4. The molecule has 0 bridgehead atoms. The van der Waals surface area contributed by atoms with Gasteiger partial charge < -0.3 is 9.47 Å². The number of esters is 2. The third-order valence-electron chi connectivity index (χ3n) is 3.78. The van der Waals surface area contributed by atoms with Crippen molar-refractivity contribution in [3.05, 3.63) is 0 Å². The number of unbranched alkanes of at least 4 members (excludes halogenated alkanes) is 8. The zero-order valence-electron chi connectivity index (χ0n) is 15.4. The molecule has 1 atom stereocenters. The average molecular weight is 328 g/mol. The van der Waals surface area contributed by atoms with Crippen LogP contribution in [0, 0.1) is 0 Å². The van der Waals surface area contributed by atoms with Crippen molar-refractivity contribution in [3.63, 3.8) is 0 Å². The molecule has 0 unspecified atom stereocenters. The number of hydrogen-bond donors (Lipinski definition) is 0. The van der Waals surface area contributed by atoms with Crippen molar-refractivity contribution in [2.75, 3.05) is 6.61 Å². The normalized spacial score (nSPS) is 12.0. The van der Waals surface area contributed by atoms with Gasteiger partial charge in [-0.2, -0.15) is 0 Å². The van der Waals surface area contributed by atoms with Crippen molar-refractivity contribution >= 4 is 11.9 Å². The molecular formula is C19H36O4. The monoisotopic (exact) mass is 328 g/mol. The molecular weight excluding hydrogens is 292 g/mol. The van der Waals surface area contributed by atoms with Crippen LogP contribution in [0.4, 0.5) is 0 Å². The van der Waals surface area contributed by atoms with E-state index in [1.54, 1.807) is 6.92 Å². The third kappa shape index (κ3) is 15.6. The zero-order chi connectivity index (χ0) is 17.3. The molecule has 0 spiro atoms. The van der Waals surface area contributed by atoms with E-state index in [0.29, 0.717) is 12.8 Å². The van der Waals surface area contributed by atoms with E-state index >= 15 is 0 Å². The quantitative estimate of drug-likeness (QED) is 0.307. The zero-order valence-corrected chi connectivity index (χ0v) is 15.4. The molecule has 0 amide bonds. The Kier molecular flexibility index (Phi) is 15.1. The Morgan fingerprint density at radius 3 is 1.74 bits per heavy atom. The average Bonchev–Trinajstić information content (AvgIpc) is 2.52. The summed E-state index contributed by atoms with van der Waals surface area (Å²) >= 11 is 0. The van der Waals surface area contributed by atoms with Crippen LogP contribution < -0.4 is 0 Å². The standard InChI is InChI=1S/C19H36O4/c1-4-6-8-10-12-14-18(20)22-16-17(3)23-19(21)15-13-11-9-7-5-2/h17H,4-16H2,1-3H3/t17-/m1/s1. The lowest BCUT2D eigenvalue weighted by atomic mass is 10.1. The Labute approximate surface area is 142 Å². The number of carbonyl (C=O) groups excluding carboxylic acids is 2. The Hall–Kier alpha value is -1.06. The highest BCUT2D eigenvalue weighted by molar-refractivity contribution is 5.70. The van der Waals surface area contributed by atoms with Gasteiger partial charge >= 0.3 is 11.9 Å². The summed E-state index contributed by atoms with van der Waals surface area (Å²) in [4.78, 5) is 23.2. The van der Waals surface area contributed by atoms with E-state index < -0.39 is 0 Å². The van der Waals surface area contributed by atoms with Gasteiger partial charge in [0.15, 0.2) is 0 Å². The van der Waals surface area contributed by atoms with E-state index in [9.17, 15) is 9.59 Å². The number of ether oxygens (including phenoxy) is 2. The summed E-state index contributed by atoms with van der Waals surface area (Å²) in [5.41, 5.74) is 0. The molecule has 0 aromatic heterocycles. The van der Waals surface area contributed by atoms with Gasteiger partial charge in [0.05, 0.1) is 0 Å². The molecule has 0 aliphatic rings. The first-order chi connectivity index (χ1) is 11.1. The fourth-order valence-corrected chi connectivity index (χ4v) is 2.35. The van der Waals surface area contributed by atoms with Crippen molar-refractivity contribution in [2.24, 2.45) is 0 Å². The molecule has 0 aliphatic heterocycles. The van der Waals surface area contributed by atoms with Gasteiger partial charge in [-0.25, -0.2) is 0 Å². The fourth-order valence-electron chi connectivity index (χ4n) is 2.35. The second-order valence-corrected chi connectivity index (χ2v) is 6.31. The first-order valence-electron chi connectivity index (χ1n) is 9.45. The van der Waals surface area contributed by atoms with Crippen molar-refractivity contribution in [3.8, 4) is 0 Å². The second kappa shape index (κ2) is 15.8. The maximum atomic E-state index is 11.6. The van der Waals surface area contributed by atoms with Crippen LogP contribution in [0.1, 0.15) is 97.8 Å². The molecule has 0 saturated carbocycles. The van der Waals surface area contributed by atoms with Crippen molar-refractivity contribution in [2.45, 2.75) is 104 Å². The van der Waals surface area contributed by atoms with Crippen LogP contribution in [-0.2, 0) is 19.1 Å². The third-order valence-corrected chi connectivity index (χ3v) is 3.78. The minimum atomic E-state index is -0.359. The lowest BCUT2D eigenvalue weighted by molar-refractivity contribution is -0.158. The van der Waals surface area contributed by atoms with E-state index in [1.165, 1.54) is 38.5 Å². The summed E-state index contributed by atoms with van der Waals surface area (Å²) < 4.78 is 10.4. The molecule has 0 radical (unpaired) electrons. The Balaban J connectivity index is 3.55. The SMILES string of the molecule is CCCCCCCC(=O)OC[C@@H](C)OC(=O)CCCCCCC. The summed E-state index contributed by atoms with van der Waals surface area (Å²) in [5, 5.41) is 0. The van der Waals surface area contributed by atoms with Crippen LogP contribution in [0.25, 0.3) is 0 Å². The molecule has 4 nitrogen and oxygen atoms in total. The molecule has 0 fully saturated rings. The summed E-state index contributed by atoms with van der Waals surface area (Å²) in [6.07, 6.45) is 11.7. The van der Waals surface area contributed by atoms with Crippen LogP contribution in [0.3, 0.4) is 0 Å². The van der Waals surface area contributed by atoms with Crippen LogP contribution in [0.15, 0.2) is 0 Å². The van der Waals surface area contributed by atoms with E-state index in [0.717, 1.165) is 25.7 Å². The lowest BCUT2D eigenvalue weighted by Gasteiger charge is -2.13. The molecule has 0 aromatic rings. The molecule has 4 heteroatoms. The van der Waals surface area contributed by atoms with Gasteiger partial charge in [0, 0.05) is 12.8 Å². The summed E-state index contributed by atoms with van der Waals surface area (Å²) in [7, 11) is 0. The lowest BCUT2D eigenvalue weighted by Crippen LogP contribution is -2.22. The molecule has 0 aromatic carbocycles. The number of rotatable bonds is 15. The van der Waals surface area contributed by atoms with Crippen LogP contribution in [0.5, 0.6) is 0 Å². The summed E-state index contributed by atoms with van der Waals surface area (Å²) in [6, 6.07) is 0. The Morgan fingerprint density at radius 1 is 0.739 bits per heavy atom. The summed E-state index contributed by atoms with van der Waals surface area (Å²) in [6.45, 7) is 6.27. The maximum absolute atomic E-state index is 11.6. The second-order valence-electron chi connectivity index (χ2n) is 6.31. The van der Waals surface area contributed by atoms with Crippen molar-refractivity contribution in [1.29, 1.82) is 0 Å². The van der Waals surface area contributed by atoms with Crippen LogP contribution in [-0.4, -0.2) is 24.6 Å². The molecule has 23 heavy (non-hydrogen) atoms. The maximum Gasteiger partial charge on any atom is 0.306 e. The smallest absolute Gasteiger partial charge is 0.306 e. The van der Waals surface area contributed by atoms with Gasteiger partial charge in [-0.3, -0.25) is 9.59 Å². The minimum absolute atomic E-state index is 0.162.